The Morgan fingerprint density at radius 2 is 2.00 bits per heavy atom. The van der Waals surface area contributed by atoms with Crippen molar-refractivity contribution in [3.05, 3.63) is 27.9 Å². The number of methoxy groups -OCH3 is 1. The van der Waals surface area contributed by atoms with E-state index in [2.05, 4.69) is 40.0 Å². The molecule has 0 radical (unpaired) electrons. The summed E-state index contributed by atoms with van der Waals surface area (Å²) >= 11 is 3.45. The largest absolute Gasteiger partial charge is 0.496 e. The molecule has 2 N–H and O–H groups in total. The second-order valence-corrected chi connectivity index (χ2v) is 5.08. The number of benzene rings is 1. The fourth-order valence-electron chi connectivity index (χ4n) is 2.17. The van der Waals surface area contributed by atoms with Crippen LogP contribution in [0.5, 0.6) is 5.75 Å². The Bertz CT molecular complexity index is 605. The smallest absolute Gasteiger partial charge is 0.201 e. The van der Waals surface area contributed by atoms with Crippen LogP contribution < -0.4 is 10.5 Å². The van der Waals surface area contributed by atoms with Crippen LogP contribution in [0.15, 0.2) is 16.7 Å². The second-order valence-electron chi connectivity index (χ2n) is 4.33. The average Bonchev–Trinajstić information content (AvgIpc) is 2.52. The predicted molar refractivity (Wildman–Crippen MR) is 76.8 cm³/mol. The Morgan fingerprint density at radius 1 is 1.33 bits per heavy atom. The van der Waals surface area contributed by atoms with Crippen LogP contribution in [0, 0.1) is 13.8 Å². The van der Waals surface area contributed by atoms with Crippen molar-refractivity contribution in [3.8, 4) is 17.0 Å². The Kier molecular flexibility index (Phi) is 3.34. The highest BCUT2D eigenvalue weighted by atomic mass is 79.9. The standard InChI is InChI=1S/C13H16BrN3O/c1-7-5-8(2)11(18-4)9(6-7)10-12(14)16-13(15)17(10)3/h5-6H,1-4H3,(H2,15,16). The SMILES string of the molecule is COc1c(C)cc(C)cc1-c1c(Br)nc(N)n1C. The highest BCUT2D eigenvalue weighted by Crippen LogP contribution is 2.38. The minimum atomic E-state index is 0.470. The molecule has 0 aliphatic rings. The van der Waals surface area contributed by atoms with Crippen LogP contribution in [0.25, 0.3) is 11.3 Å². The van der Waals surface area contributed by atoms with Crippen LogP contribution in [-0.2, 0) is 7.05 Å². The van der Waals surface area contributed by atoms with E-state index in [4.69, 9.17) is 10.5 Å². The second kappa shape index (κ2) is 4.65. The molecule has 1 aromatic carbocycles. The van der Waals surface area contributed by atoms with Gasteiger partial charge in [0.1, 0.15) is 10.4 Å². The third kappa shape index (κ3) is 1.99. The molecule has 1 aromatic heterocycles. The normalized spacial score (nSPS) is 10.7. The van der Waals surface area contributed by atoms with Gasteiger partial charge in [0.2, 0.25) is 5.95 Å². The van der Waals surface area contributed by atoms with E-state index in [-0.39, 0.29) is 0 Å². The molecule has 0 saturated heterocycles. The van der Waals surface area contributed by atoms with Gasteiger partial charge < -0.3 is 15.0 Å². The number of ether oxygens (including phenoxy) is 1. The molecule has 5 heteroatoms. The van der Waals surface area contributed by atoms with E-state index < -0.39 is 0 Å². The molecule has 0 amide bonds. The lowest BCUT2D eigenvalue weighted by atomic mass is 10.0. The molecule has 2 rings (SSSR count). The minimum absolute atomic E-state index is 0.470. The first kappa shape index (κ1) is 13.0. The van der Waals surface area contributed by atoms with E-state index in [1.807, 2.05) is 18.5 Å². The zero-order valence-electron chi connectivity index (χ0n) is 10.9. The fraction of sp³-hybridized carbons (Fsp3) is 0.308. The Balaban J connectivity index is 2.78. The summed E-state index contributed by atoms with van der Waals surface area (Å²) < 4.78 is 8.08. The highest BCUT2D eigenvalue weighted by Gasteiger charge is 2.18. The van der Waals surface area contributed by atoms with Gasteiger partial charge in [-0.25, -0.2) is 4.98 Å². The molecule has 18 heavy (non-hydrogen) atoms. The number of nitrogen functional groups attached to an aromatic ring is 1. The molecule has 0 spiro atoms. The summed E-state index contributed by atoms with van der Waals surface area (Å²) in [5.41, 5.74) is 10.0. The van der Waals surface area contributed by atoms with Gasteiger partial charge in [-0.3, -0.25) is 0 Å². The number of aromatic nitrogens is 2. The monoisotopic (exact) mass is 309 g/mol. The Labute approximate surface area is 115 Å². The van der Waals surface area contributed by atoms with E-state index in [9.17, 15) is 0 Å². The summed E-state index contributed by atoms with van der Waals surface area (Å²) in [6, 6.07) is 4.17. The minimum Gasteiger partial charge on any atom is -0.496 e. The van der Waals surface area contributed by atoms with Crippen molar-refractivity contribution in [3.63, 3.8) is 0 Å². The van der Waals surface area contributed by atoms with E-state index in [0.29, 0.717) is 5.95 Å². The first-order valence-corrected chi connectivity index (χ1v) is 6.38. The van der Waals surface area contributed by atoms with Gasteiger partial charge in [-0.15, -0.1) is 0 Å². The van der Waals surface area contributed by atoms with E-state index in [1.54, 1.807) is 7.11 Å². The lowest BCUT2D eigenvalue weighted by Gasteiger charge is -2.13. The van der Waals surface area contributed by atoms with Crippen molar-refractivity contribution in [2.75, 3.05) is 12.8 Å². The van der Waals surface area contributed by atoms with Crippen LogP contribution in [0.4, 0.5) is 5.95 Å². The topological polar surface area (TPSA) is 53.1 Å². The Morgan fingerprint density at radius 3 is 2.50 bits per heavy atom. The molecule has 2 aromatic rings. The number of imidazole rings is 1. The molecule has 0 aliphatic carbocycles. The molecular formula is C13H16BrN3O. The van der Waals surface area contributed by atoms with Crippen LogP contribution in [-0.4, -0.2) is 16.7 Å². The third-order valence-corrected chi connectivity index (χ3v) is 3.52. The van der Waals surface area contributed by atoms with Crippen molar-refractivity contribution in [1.82, 2.24) is 9.55 Å². The fourth-order valence-corrected chi connectivity index (χ4v) is 2.84. The molecule has 0 unspecified atom stereocenters. The lowest BCUT2D eigenvalue weighted by molar-refractivity contribution is 0.413. The zero-order chi connectivity index (χ0) is 13.4. The van der Waals surface area contributed by atoms with Crippen LogP contribution >= 0.6 is 15.9 Å². The number of hydrogen-bond acceptors (Lipinski definition) is 3. The Hall–Kier alpha value is -1.49. The van der Waals surface area contributed by atoms with Crippen molar-refractivity contribution in [2.45, 2.75) is 13.8 Å². The van der Waals surface area contributed by atoms with Crippen LogP contribution in [0.2, 0.25) is 0 Å². The number of aryl methyl sites for hydroxylation is 2. The maximum absolute atomic E-state index is 5.83. The molecular weight excluding hydrogens is 294 g/mol. The van der Waals surface area contributed by atoms with E-state index in [1.165, 1.54) is 5.56 Å². The molecule has 0 bridgehead atoms. The number of hydrogen-bond donors (Lipinski definition) is 1. The summed E-state index contributed by atoms with van der Waals surface area (Å²) in [4.78, 5) is 4.22. The summed E-state index contributed by atoms with van der Waals surface area (Å²) in [6.07, 6.45) is 0. The van der Waals surface area contributed by atoms with Crippen LogP contribution in [0.3, 0.4) is 0 Å². The van der Waals surface area contributed by atoms with Gasteiger partial charge in [0.25, 0.3) is 0 Å². The maximum Gasteiger partial charge on any atom is 0.201 e. The molecule has 4 nitrogen and oxygen atoms in total. The van der Waals surface area contributed by atoms with Gasteiger partial charge in [0.15, 0.2) is 0 Å². The van der Waals surface area contributed by atoms with Gasteiger partial charge in [-0.2, -0.15) is 0 Å². The number of halogens is 1. The summed E-state index contributed by atoms with van der Waals surface area (Å²) in [7, 11) is 3.56. The first-order chi connectivity index (χ1) is 8.45. The highest BCUT2D eigenvalue weighted by molar-refractivity contribution is 9.10. The van der Waals surface area contributed by atoms with Crippen LogP contribution in [0.1, 0.15) is 11.1 Å². The summed E-state index contributed by atoms with van der Waals surface area (Å²) in [5, 5.41) is 0. The van der Waals surface area contributed by atoms with Gasteiger partial charge in [0.05, 0.1) is 12.8 Å². The first-order valence-electron chi connectivity index (χ1n) is 5.59. The predicted octanol–water partition coefficient (Wildman–Crippen LogP) is 3.06. The zero-order valence-corrected chi connectivity index (χ0v) is 12.5. The number of anilines is 1. The van der Waals surface area contributed by atoms with Crippen molar-refractivity contribution in [2.24, 2.45) is 7.05 Å². The van der Waals surface area contributed by atoms with Crippen molar-refractivity contribution < 1.29 is 4.74 Å². The maximum atomic E-state index is 5.83. The molecule has 0 aliphatic heterocycles. The van der Waals surface area contributed by atoms with Gasteiger partial charge in [-0.05, 0) is 47.0 Å². The molecule has 96 valence electrons. The lowest BCUT2D eigenvalue weighted by Crippen LogP contribution is -2.00. The summed E-state index contributed by atoms with van der Waals surface area (Å²) in [5.74, 6) is 1.32. The molecule has 0 fully saturated rings. The number of rotatable bonds is 2. The van der Waals surface area contributed by atoms with Gasteiger partial charge >= 0.3 is 0 Å². The van der Waals surface area contributed by atoms with Crippen molar-refractivity contribution >= 4 is 21.9 Å². The van der Waals surface area contributed by atoms with Gasteiger partial charge in [-0.1, -0.05) is 6.07 Å². The number of nitrogens with zero attached hydrogens (tertiary/aromatic N) is 2. The molecule has 1 heterocycles. The van der Waals surface area contributed by atoms with E-state index in [0.717, 1.165) is 27.2 Å². The van der Waals surface area contributed by atoms with E-state index >= 15 is 0 Å². The average molecular weight is 310 g/mol. The molecule has 0 atom stereocenters. The quantitative estimate of drug-likeness (QED) is 0.927. The van der Waals surface area contributed by atoms with Gasteiger partial charge in [0, 0.05) is 12.6 Å². The summed E-state index contributed by atoms with van der Waals surface area (Å²) in [6.45, 7) is 4.09. The third-order valence-electron chi connectivity index (χ3n) is 2.97. The number of nitrogens with two attached hydrogens (primary N) is 1. The molecule has 0 saturated carbocycles. The van der Waals surface area contributed by atoms with Crippen molar-refractivity contribution in [1.29, 1.82) is 0 Å².